The number of hydrogen-bond donors (Lipinski definition) is 0. The van der Waals surface area contributed by atoms with Crippen molar-refractivity contribution in [2.24, 2.45) is 0 Å². The molecule has 3 aromatic rings. The first-order valence-electron chi connectivity index (χ1n) is 6.93. The predicted molar refractivity (Wildman–Crippen MR) is 89.1 cm³/mol. The zero-order chi connectivity index (χ0) is 17.1. The molecule has 0 aliphatic rings. The number of halogens is 3. The summed E-state index contributed by atoms with van der Waals surface area (Å²) in [5, 5.41) is 0.649. The second kappa shape index (κ2) is 7.03. The van der Waals surface area contributed by atoms with Gasteiger partial charge in [-0.2, -0.15) is 0 Å². The molecule has 0 unspecified atom stereocenters. The largest absolute Gasteiger partial charge is 0.462 e. The molecule has 0 saturated carbocycles. The van der Waals surface area contributed by atoms with Crippen molar-refractivity contribution < 1.29 is 13.9 Å². The molecule has 0 aliphatic carbocycles. The van der Waals surface area contributed by atoms with Crippen LogP contribution < -0.4 is 4.74 Å². The van der Waals surface area contributed by atoms with Gasteiger partial charge < -0.3 is 4.74 Å². The number of aromatic nitrogens is 2. The fourth-order valence-electron chi connectivity index (χ4n) is 2.12. The maximum Gasteiger partial charge on any atom is 0.241 e. The van der Waals surface area contributed by atoms with Crippen LogP contribution in [0.1, 0.15) is 16.6 Å². The molecule has 0 bridgehead atoms. The van der Waals surface area contributed by atoms with Crippen LogP contribution in [0.15, 0.2) is 61.2 Å². The monoisotopic (exact) mass is 364 g/mol. The van der Waals surface area contributed by atoms with E-state index in [1.54, 1.807) is 12.3 Å². The van der Waals surface area contributed by atoms with E-state index in [4.69, 9.17) is 27.9 Å². The van der Waals surface area contributed by atoms with Crippen LogP contribution in [0.3, 0.4) is 0 Å². The molecule has 0 N–H and O–H groups in total. The lowest BCUT2D eigenvalue weighted by atomic mass is 10.1. The summed E-state index contributed by atoms with van der Waals surface area (Å²) in [7, 11) is 0. The molecule has 3 rings (SSSR count). The third kappa shape index (κ3) is 3.58. The number of carbonyl (C=O) groups is 1. The fraction of sp³-hybridized carbons (Fsp3) is 0.0588. The number of imidazole rings is 1. The summed E-state index contributed by atoms with van der Waals surface area (Å²) in [6.07, 6.45) is 3.54. The smallest absolute Gasteiger partial charge is 0.241 e. The molecule has 24 heavy (non-hydrogen) atoms. The van der Waals surface area contributed by atoms with Crippen LogP contribution in [0.4, 0.5) is 4.39 Å². The number of ketones is 1. The molecular formula is C17H11Cl2FN2O2. The minimum absolute atomic E-state index is 0.223. The Labute approximate surface area is 147 Å². The fourth-order valence-corrected chi connectivity index (χ4v) is 2.62. The third-order valence-electron chi connectivity index (χ3n) is 3.28. The highest BCUT2D eigenvalue weighted by molar-refractivity contribution is 6.36. The number of benzene rings is 2. The highest BCUT2D eigenvalue weighted by Crippen LogP contribution is 2.27. The van der Waals surface area contributed by atoms with Crippen LogP contribution in [0, 0.1) is 5.82 Å². The van der Waals surface area contributed by atoms with Crippen molar-refractivity contribution in [3.8, 4) is 5.75 Å². The summed E-state index contributed by atoms with van der Waals surface area (Å²) < 4.78 is 20.3. The molecule has 122 valence electrons. The van der Waals surface area contributed by atoms with Gasteiger partial charge >= 0.3 is 0 Å². The highest BCUT2D eigenvalue weighted by Gasteiger charge is 2.25. The third-order valence-corrected chi connectivity index (χ3v) is 3.83. The van der Waals surface area contributed by atoms with Crippen LogP contribution in [0.2, 0.25) is 10.0 Å². The lowest BCUT2D eigenvalue weighted by molar-refractivity contribution is 0.0653. The Kier molecular flexibility index (Phi) is 4.83. The first-order chi connectivity index (χ1) is 11.5. The Morgan fingerprint density at radius 3 is 2.54 bits per heavy atom. The summed E-state index contributed by atoms with van der Waals surface area (Å²) in [5.74, 6) is -0.430. The molecule has 0 aliphatic heterocycles. The zero-order valence-electron chi connectivity index (χ0n) is 12.2. The second-order valence-electron chi connectivity index (χ2n) is 4.92. The Morgan fingerprint density at radius 2 is 1.92 bits per heavy atom. The molecule has 0 amide bonds. The minimum Gasteiger partial charge on any atom is -0.462 e. The Morgan fingerprint density at radius 1 is 1.17 bits per heavy atom. The van der Waals surface area contributed by atoms with Gasteiger partial charge in [-0.3, -0.25) is 9.36 Å². The van der Waals surface area contributed by atoms with Crippen molar-refractivity contribution in [3.05, 3.63) is 82.6 Å². The lowest BCUT2D eigenvalue weighted by Crippen LogP contribution is -2.24. The van der Waals surface area contributed by atoms with E-state index >= 15 is 0 Å². The second-order valence-corrected chi connectivity index (χ2v) is 5.77. The number of ether oxygens (including phenoxy) is 1. The van der Waals surface area contributed by atoms with E-state index in [0.717, 1.165) is 0 Å². The number of carbonyl (C=O) groups excluding carboxylic acids is 1. The molecule has 1 aromatic heterocycles. The van der Waals surface area contributed by atoms with Crippen molar-refractivity contribution in [3.63, 3.8) is 0 Å². The maximum absolute atomic E-state index is 13.0. The van der Waals surface area contributed by atoms with Crippen LogP contribution >= 0.6 is 23.2 Å². The predicted octanol–water partition coefficient (Wildman–Crippen LogP) is 4.79. The van der Waals surface area contributed by atoms with Crippen molar-refractivity contribution >= 4 is 29.0 Å². The van der Waals surface area contributed by atoms with E-state index in [2.05, 4.69) is 4.98 Å². The Bertz CT molecular complexity index is 852. The summed E-state index contributed by atoms with van der Waals surface area (Å²) in [5.41, 5.74) is 0.266. The number of Topliss-reactive ketones (excluding diaryl/α,β-unsaturated/α-hetero) is 1. The standard InChI is InChI=1S/C17H11Cl2FN2O2/c18-11-1-6-14(15(19)9-11)16(23)17(22-8-7-21-10-22)24-13-4-2-12(20)3-5-13/h1-10,17H/t17-/m1/s1. The molecule has 0 spiro atoms. The van der Waals surface area contributed by atoms with E-state index in [0.29, 0.717) is 10.8 Å². The summed E-state index contributed by atoms with van der Waals surface area (Å²) >= 11 is 12.0. The van der Waals surface area contributed by atoms with Gasteiger partial charge in [-0.1, -0.05) is 23.2 Å². The molecule has 4 nitrogen and oxygen atoms in total. The van der Waals surface area contributed by atoms with Crippen LogP contribution in [0.5, 0.6) is 5.75 Å². The van der Waals surface area contributed by atoms with E-state index in [9.17, 15) is 9.18 Å². The molecule has 0 saturated heterocycles. The van der Waals surface area contributed by atoms with Crippen molar-refractivity contribution in [2.45, 2.75) is 6.23 Å². The SMILES string of the molecule is O=C(c1ccc(Cl)cc1Cl)[C@@H](Oc1ccc(F)cc1)n1ccnc1. The van der Waals surface area contributed by atoms with Crippen molar-refractivity contribution in [2.75, 3.05) is 0 Å². The van der Waals surface area contributed by atoms with Gasteiger partial charge in [-0.15, -0.1) is 0 Å². The van der Waals surface area contributed by atoms with Gasteiger partial charge in [-0.25, -0.2) is 9.37 Å². The highest BCUT2D eigenvalue weighted by atomic mass is 35.5. The maximum atomic E-state index is 13.0. The van der Waals surface area contributed by atoms with Gasteiger partial charge in [0.05, 0.1) is 11.3 Å². The summed E-state index contributed by atoms with van der Waals surface area (Å²) in [4.78, 5) is 16.8. The van der Waals surface area contributed by atoms with Crippen molar-refractivity contribution in [1.82, 2.24) is 9.55 Å². The van der Waals surface area contributed by atoms with Gasteiger partial charge in [0, 0.05) is 23.0 Å². The number of nitrogens with zero attached hydrogens (tertiary/aromatic N) is 2. The topological polar surface area (TPSA) is 44.1 Å². The first-order valence-corrected chi connectivity index (χ1v) is 7.69. The quantitative estimate of drug-likeness (QED) is 0.611. The van der Waals surface area contributed by atoms with E-state index in [1.807, 2.05) is 0 Å². The molecule has 0 radical (unpaired) electrons. The van der Waals surface area contributed by atoms with Crippen molar-refractivity contribution in [1.29, 1.82) is 0 Å². The van der Waals surface area contributed by atoms with E-state index in [-0.39, 0.29) is 16.4 Å². The van der Waals surface area contributed by atoms with Gasteiger partial charge in [0.2, 0.25) is 12.0 Å². The first kappa shape index (κ1) is 16.5. The Balaban J connectivity index is 1.95. The molecule has 7 heteroatoms. The average Bonchev–Trinajstić information content (AvgIpc) is 3.08. The molecular weight excluding hydrogens is 354 g/mol. The van der Waals surface area contributed by atoms with Crippen LogP contribution in [0.25, 0.3) is 0 Å². The zero-order valence-corrected chi connectivity index (χ0v) is 13.7. The summed E-state index contributed by atoms with van der Waals surface area (Å²) in [6, 6.07) is 9.97. The number of rotatable bonds is 5. The van der Waals surface area contributed by atoms with Crippen LogP contribution in [-0.4, -0.2) is 15.3 Å². The van der Waals surface area contributed by atoms with Gasteiger partial charge in [0.1, 0.15) is 11.6 Å². The normalized spacial score (nSPS) is 12.0. The molecule has 1 atom stereocenters. The minimum atomic E-state index is -1.03. The van der Waals surface area contributed by atoms with Crippen LogP contribution in [-0.2, 0) is 0 Å². The van der Waals surface area contributed by atoms with Gasteiger partial charge in [-0.05, 0) is 42.5 Å². The van der Waals surface area contributed by atoms with E-state index < -0.39 is 12.0 Å². The van der Waals surface area contributed by atoms with Gasteiger partial charge in [0.15, 0.2) is 0 Å². The molecule has 0 fully saturated rings. The average molecular weight is 365 g/mol. The molecule has 2 aromatic carbocycles. The number of hydrogen-bond acceptors (Lipinski definition) is 3. The van der Waals surface area contributed by atoms with E-state index in [1.165, 1.54) is 53.5 Å². The molecule has 1 heterocycles. The lowest BCUT2D eigenvalue weighted by Gasteiger charge is -2.19. The van der Waals surface area contributed by atoms with Gasteiger partial charge in [0.25, 0.3) is 0 Å². The summed E-state index contributed by atoms with van der Waals surface area (Å²) in [6.45, 7) is 0. The Hall–Kier alpha value is -2.37.